The third-order valence-corrected chi connectivity index (χ3v) is 2.60. The molecule has 0 aliphatic heterocycles. The number of carboxylic acids is 1. The topological polar surface area (TPSA) is 84.2 Å². The summed E-state index contributed by atoms with van der Waals surface area (Å²) in [6, 6.07) is 8.96. The molecule has 1 aromatic heterocycles. The maximum atomic E-state index is 11.9. The van der Waals surface area contributed by atoms with E-state index in [1.165, 1.54) is 10.7 Å². The molecule has 0 unspecified atom stereocenters. The van der Waals surface area contributed by atoms with Crippen LogP contribution in [0.25, 0.3) is 0 Å². The predicted octanol–water partition coefficient (Wildman–Crippen LogP) is 0.976. The molecule has 0 saturated heterocycles. The van der Waals surface area contributed by atoms with Gasteiger partial charge < -0.3 is 10.4 Å². The lowest BCUT2D eigenvalue weighted by atomic mass is 10.1. The molecule has 1 aromatic carbocycles. The van der Waals surface area contributed by atoms with Crippen molar-refractivity contribution in [3.05, 3.63) is 53.9 Å². The van der Waals surface area contributed by atoms with Gasteiger partial charge in [0.15, 0.2) is 6.04 Å². The van der Waals surface area contributed by atoms with E-state index in [-0.39, 0.29) is 5.69 Å². The highest BCUT2D eigenvalue weighted by Crippen LogP contribution is 2.13. The molecule has 0 spiro atoms. The molecule has 2 N–H and O–H groups in total. The third-order valence-electron chi connectivity index (χ3n) is 2.60. The van der Waals surface area contributed by atoms with Crippen molar-refractivity contribution in [2.75, 3.05) is 0 Å². The molecule has 0 aliphatic rings. The van der Waals surface area contributed by atoms with E-state index in [2.05, 4.69) is 10.4 Å². The summed E-state index contributed by atoms with van der Waals surface area (Å²) in [7, 11) is 1.68. The van der Waals surface area contributed by atoms with E-state index >= 15 is 0 Å². The lowest BCUT2D eigenvalue weighted by molar-refractivity contribution is -0.139. The number of carbonyl (C=O) groups is 2. The van der Waals surface area contributed by atoms with E-state index in [9.17, 15) is 14.7 Å². The molecule has 0 bridgehead atoms. The summed E-state index contributed by atoms with van der Waals surface area (Å²) in [5, 5.41) is 15.6. The summed E-state index contributed by atoms with van der Waals surface area (Å²) in [5.74, 6) is -1.63. The zero-order valence-corrected chi connectivity index (χ0v) is 10.3. The number of aliphatic carboxylic acids is 1. The number of nitrogens with one attached hydrogen (secondary N) is 1. The molecule has 0 fully saturated rings. The van der Waals surface area contributed by atoms with Crippen molar-refractivity contribution in [3.63, 3.8) is 0 Å². The molecule has 1 amide bonds. The van der Waals surface area contributed by atoms with Crippen LogP contribution in [0.1, 0.15) is 22.1 Å². The molecule has 0 saturated carbocycles. The molecule has 2 rings (SSSR count). The Labute approximate surface area is 109 Å². The second-order valence-corrected chi connectivity index (χ2v) is 4.03. The van der Waals surface area contributed by atoms with Gasteiger partial charge in [0.05, 0.1) is 0 Å². The minimum absolute atomic E-state index is 0.185. The van der Waals surface area contributed by atoms with Gasteiger partial charge in [-0.1, -0.05) is 30.3 Å². The maximum absolute atomic E-state index is 11.9. The van der Waals surface area contributed by atoms with Crippen LogP contribution in [-0.2, 0) is 11.8 Å². The van der Waals surface area contributed by atoms with Crippen LogP contribution in [0.3, 0.4) is 0 Å². The van der Waals surface area contributed by atoms with Gasteiger partial charge in [-0.25, -0.2) is 4.79 Å². The number of hydrogen-bond donors (Lipinski definition) is 2. The third kappa shape index (κ3) is 2.98. The van der Waals surface area contributed by atoms with Gasteiger partial charge in [-0.2, -0.15) is 5.10 Å². The average Bonchev–Trinajstić information content (AvgIpc) is 2.83. The van der Waals surface area contributed by atoms with Crippen molar-refractivity contribution < 1.29 is 14.7 Å². The number of carbonyl (C=O) groups excluding carboxylic acids is 1. The zero-order valence-electron chi connectivity index (χ0n) is 10.3. The number of hydrogen-bond acceptors (Lipinski definition) is 3. The van der Waals surface area contributed by atoms with Gasteiger partial charge in [-0.3, -0.25) is 9.48 Å². The van der Waals surface area contributed by atoms with Gasteiger partial charge >= 0.3 is 5.97 Å². The molecule has 98 valence electrons. The number of rotatable bonds is 4. The SMILES string of the molecule is Cn1ccc(C(=O)N[C@H](C(=O)O)c2ccccc2)n1. The normalized spacial score (nSPS) is 11.8. The van der Waals surface area contributed by atoms with Gasteiger partial charge in [0.25, 0.3) is 5.91 Å². The summed E-state index contributed by atoms with van der Waals surface area (Å²) in [6.07, 6.45) is 1.62. The van der Waals surface area contributed by atoms with Crippen LogP contribution >= 0.6 is 0 Å². The Morgan fingerprint density at radius 2 is 1.95 bits per heavy atom. The van der Waals surface area contributed by atoms with Crippen LogP contribution in [0.15, 0.2) is 42.6 Å². The van der Waals surface area contributed by atoms with Crippen LogP contribution in [-0.4, -0.2) is 26.8 Å². The summed E-state index contributed by atoms with van der Waals surface area (Å²) < 4.78 is 1.48. The number of aryl methyl sites for hydroxylation is 1. The Morgan fingerprint density at radius 3 is 2.47 bits per heavy atom. The quantitative estimate of drug-likeness (QED) is 0.857. The average molecular weight is 259 g/mol. The first-order valence-electron chi connectivity index (χ1n) is 5.66. The summed E-state index contributed by atoms with van der Waals surface area (Å²) in [4.78, 5) is 23.1. The summed E-state index contributed by atoms with van der Waals surface area (Å²) in [5.41, 5.74) is 0.698. The Hall–Kier alpha value is -2.63. The lowest BCUT2D eigenvalue weighted by Gasteiger charge is -2.13. The highest BCUT2D eigenvalue weighted by atomic mass is 16.4. The Kier molecular flexibility index (Phi) is 3.61. The highest BCUT2D eigenvalue weighted by molar-refractivity contribution is 5.95. The first-order chi connectivity index (χ1) is 9.08. The highest BCUT2D eigenvalue weighted by Gasteiger charge is 2.23. The van der Waals surface area contributed by atoms with E-state index in [4.69, 9.17) is 0 Å². The van der Waals surface area contributed by atoms with Crippen molar-refractivity contribution in [2.45, 2.75) is 6.04 Å². The molecule has 19 heavy (non-hydrogen) atoms. The van der Waals surface area contributed by atoms with Crippen molar-refractivity contribution in [1.82, 2.24) is 15.1 Å². The molecule has 1 atom stereocenters. The summed E-state index contributed by atoms with van der Waals surface area (Å²) >= 11 is 0. The zero-order chi connectivity index (χ0) is 13.8. The molecule has 0 aliphatic carbocycles. The predicted molar refractivity (Wildman–Crippen MR) is 67.5 cm³/mol. The van der Waals surface area contributed by atoms with Crippen LogP contribution in [0.2, 0.25) is 0 Å². The monoisotopic (exact) mass is 259 g/mol. The van der Waals surface area contributed by atoms with E-state index in [0.29, 0.717) is 5.56 Å². The molecule has 1 heterocycles. The number of carboxylic acid groups (broad SMARTS) is 1. The first-order valence-corrected chi connectivity index (χ1v) is 5.66. The second-order valence-electron chi connectivity index (χ2n) is 4.03. The lowest BCUT2D eigenvalue weighted by Crippen LogP contribution is -2.34. The number of aromatic nitrogens is 2. The number of amides is 1. The molecular weight excluding hydrogens is 246 g/mol. The molecule has 2 aromatic rings. The van der Waals surface area contributed by atoms with Gasteiger partial charge in [-0.15, -0.1) is 0 Å². The van der Waals surface area contributed by atoms with E-state index in [1.54, 1.807) is 43.6 Å². The molecule has 0 radical (unpaired) electrons. The minimum Gasteiger partial charge on any atom is -0.479 e. The Morgan fingerprint density at radius 1 is 1.26 bits per heavy atom. The fourth-order valence-corrected chi connectivity index (χ4v) is 1.67. The van der Waals surface area contributed by atoms with Gasteiger partial charge in [0.2, 0.25) is 0 Å². The van der Waals surface area contributed by atoms with Crippen molar-refractivity contribution in [3.8, 4) is 0 Å². The number of nitrogens with zero attached hydrogens (tertiary/aromatic N) is 2. The minimum atomic E-state index is -1.12. The van der Waals surface area contributed by atoms with Crippen LogP contribution in [0.4, 0.5) is 0 Å². The van der Waals surface area contributed by atoms with Gasteiger partial charge in [0, 0.05) is 13.2 Å². The van der Waals surface area contributed by atoms with E-state index in [1.807, 2.05) is 0 Å². The van der Waals surface area contributed by atoms with Crippen LogP contribution < -0.4 is 5.32 Å². The standard InChI is InChI=1S/C13H13N3O3/c1-16-8-7-10(15-16)12(17)14-11(13(18)19)9-5-3-2-4-6-9/h2-8,11H,1H3,(H,14,17)(H,18,19)/t11-/m0/s1. The molecular formula is C13H13N3O3. The largest absolute Gasteiger partial charge is 0.479 e. The van der Waals surface area contributed by atoms with Gasteiger partial charge in [-0.05, 0) is 11.6 Å². The Bertz CT molecular complexity index is 592. The van der Waals surface area contributed by atoms with E-state index < -0.39 is 17.9 Å². The van der Waals surface area contributed by atoms with Crippen molar-refractivity contribution >= 4 is 11.9 Å². The van der Waals surface area contributed by atoms with E-state index in [0.717, 1.165) is 0 Å². The van der Waals surface area contributed by atoms with Crippen molar-refractivity contribution in [2.24, 2.45) is 7.05 Å². The first kappa shape index (κ1) is 12.8. The second kappa shape index (κ2) is 5.34. The molecule has 6 nitrogen and oxygen atoms in total. The van der Waals surface area contributed by atoms with Crippen LogP contribution in [0, 0.1) is 0 Å². The smallest absolute Gasteiger partial charge is 0.330 e. The summed E-state index contributed by atoms with van der Waals surface area (Å²) in [6.45, 7) is 0. The Balaban J connectivity index is 2.18. The fraction of sp³-hybridized carbons (Fsp3) is 0.154. The van der Waals surface area contributed by atoms with Crippen molar-refractivity contribution in [1.29, 1.82) is 0 Å². The van der Waals surface area contributed by atoms with Gasteiger partial charge in [0.1, 0.15) is 5.69 Å². The maximum Gasteiger partial charge on any atom is 0.330 e. The molecule has 6 heteroatoms. The van der Waals surface area contributed by atoms with Crippen LogP contribution in [0.5, 0.6) is 0 Å². The number of benzene rings is 1. The fourth-order valence-electron chi connectivity index (χ4n) is 1.67.